The minimum absolute atomic E-state index is 0.229. The molecular formula is C13H24Cl2O2Si. The summed E-state index contributed by atoms with van der Waals surface area (Å²) in [7, 11) is 1.98. The largest absolute Gasteiger partial charge is 0.400 e. The van der Waals surface area contributed by atoms with Gasteiger partial charge in [0.1, 0.15) is 0 Å². The lowest BCUT2D eigenvalue weighted by Gasteiger charge is -2.44. The van der Waals surface area contributed by atoms with E-state index in [4.69, 9.17) is 32.1 Å². The van der Waals surface area contributed by atoms with E-state index in [-0.39, 0.29) is 15.8 Å². The van der Waals surface area contributed by atoms with Crippen molar-refractivity contribution in [1.29, 1.82) is 0 Å². The van der Waals surface area contributed by atoms with E-state index in [1.165, 1.54) is 25.7 Å². The Hall–Kier alpha value is 0.717. The third-order valence-corrected chi connectivity index (χ3v) is 8.39. The van der Waals surface area contributed by atoms with Gasteiger partial charge in [0.15, 0.2) is 0 Å². The van der Waals surface area contributed by atoms with Crippen LogP contribution in [0.15, 0.2) is 0 Å². The third-order valence-electron chi connectivity index (χ3n) is 4.84. The fourth-order valence-electron chi connectivity index (χ4n) is 4.09. The molecule has 0 aromatic carbocycles. The smallest absolute Gasteiger partial charge is 0.327 e. The summed E-state index contributed by atoms with van der Waals surface area (Å²) in [6.45, 7) is 0. The Morgan fingerprint density at radius 2 is 1.44 bits per heavy atom. The quantitative estimate of drug-likeness (QED) is 0.580. The SMILES string of the molecule is CO[SiH](OC)C1(C2CC(Cl)CC(Cl)C2)CCCC1. The van der Waals surface area contributed by atoms with Gasteiger partial charge in [-0.15, -0.1) is 23.2 Å². The second-order valence-electron chi connectivity index (χ2n) is 5.84. The molecule has 0 saturated heterocycles. The molecule has 0 bridgehead atoms. The monoisotopic (exact) mass is 310 g/mol. The van der Waals surface area contributed by atoms with Gasteiger partial charge in [0.05, 0.1) is 0 Å². The highest BCUT2D eigenvalue weighted by Gasteiger charge is 2.51. The summed E-state index contributed by atoms with van der Waals surface area (Å²) in [5, 5.41) is 0.726. The van der Waals surface area contributed by atoms with Gasteiger partial charge < -0.3 is 8.85 Å². The van der Waals surface area contributed by atoms with Crippen LogP contribution < -0.4 is 0 Å². The lowest BCUT2D eigenvalue weighted by molar-refractivity contribution is 0.179. The van der Waals surface area contributed by atoms with Crippen LogP contribution in [-0.4, -0.2) is 34.3 Å². The summed E-state index contributed by atoms with van der Waals surface area (Å²) in [4.78, 5) is 0. The van der Waals surface area contributed by atoms with Crippen molar-refractivity contribution < 1.29 is 8.85 Å². The van der Waals surface area contributed by atoms with Crippen LogP contribution >= 0.6 is 23.2 Å². The van der Waals surface area contributed by atoms with Crippen LogP contribution in [-0.2, 0) is 8.85 Å². The predicted molar refractivity (Wildman–Crippen MR) is 79.0 cm³/mol. The molecule has 5 heteroatoms. The molecule has 0 N–H and O–H groups in total. The van der Waals surface area contributed by atoms with Crippen molar-refractivity contribution in [2.24, 2.45) is 5.92 Å². The Morgan fingerprint density at radius 3 is 1.89 bits per heavy atom. The summed E-state index contributed by atoms with van der Waals surface area (Å²) in [5.41, 5.74) is 0. The molecule has 0 spiro atoms. The Kier molecular flexibility index (Phi) is 5.41. The van der Waals surface area contributed by atoms with Crippen LogP contribution in [0, 0.1) is 5.92 Å². The average Bonchev–Trinajstić information content (AvgIpc) is 2.80. The first kappa shape index (κ1) is 15.1. The molecule has 2 fully saturated rings. The zero-order chi connectivity index (χ0) is 13.2. The van der Waals surface area contributed by atoms with Crippen LogP contribution in [0.4, 0.5) is 0 Å². The standard InChI is InChI=1S/C13H24Cl2O2Si/c1-16-18(17-2)13(5-3-4-6-13)10-7-11(14)9-12(15)8-10/h10-12,18H,3-9H2,1-2H3. The molecule has 106 valence electrons. The van der Waals surface area contributed by atoms with Gasteiger partial charge >= 0.3 is 9.28 Å². The molecule has 2 unspecified atom stereocenters. The molecule has 2 nitrogen and oxygen atoms in total. The molecule has 0 heterocycles. The minimum atomic E-state index is -1.63. The van der Waals surface area contributed by atoms with E-state index < -0.39 is 9.28 Å². The zero-order valence-corrected chi connectivity index (χ0v) is 14.0. The number of alkyl halides is 2. The second-order valence-corrected chi connectivity index (χ2v) is 9.83. The van der Waals surface area contributed by atoms with E-state index in [0.717, 1.165) is 19.3 Å². The first-order valence-corrected chi connectivity index (χ1v) is 9.35. The van der Waals surface area contributed by atoms with Crippen molar-refractivity contribution >= 4 is 32.5 Å². The molecule has 0 amide bonds. The second kappa shape index (κ2) is 6.44. The van der Waals surface area contributed by atoms with Gasteiger partial charge in [-0.05, 0) is 38.0 Å². The van der Waals surface area contributed by atoms with Gasteiger partial charge in [0.25, 0.3) is 0 Å². The van der Waals surface area contributed by atoms with Crippen molar-refractivity contribution in [2.45, 2.75) is 60.7 Å². The number of hydrogen-bond acceptors (Lipinski definition) is 2. The van der Waals surface area contributed by atoms with Crippen molar-refractivity contribution in [1.82, 2.24) is 0 Å². The molecule has 2 atom stereocenters. The number of halogens is 2. The van der Waals surface area contributed by atoms with Crippen molar-refractivity contribution in [3.63, 3.8) is 0 Å². The summed E-state index contributed by atoms with van der Waals surface area (Å²) < 4.78 is 11.5. The van der Waals surface area contributed by atoms with E-state index >= 15 is 0 Å². The molecule has 0 aromatic rings. The van der Waals surface area contributed by atoms with E-state index in [9.17, 15) is 0 Å². The predicted octanol–water partition coefficient (Wildman–Crippen LogP) is 3.83. The highest BCUT2D eigenvalue weighted by Crippen LogP contribution is 2.58. The first-order chi connectivity index (χ1) is 8.62. The maximum Gasteiger partial charge on any atom is 0.327 e. The Balaban J connectivity index is 2.18. The molecule has 2 rings (SSSR count). The average molecular weight is 311 g/mol. The lowest BCUT2D eigenvalue weighted by atomic mass is 9.78. The van der Waals surface area contributed by atoms with Gasteiger partial charge in [-0.25, -0.2) is 0 Å². The minimum Gasteiger partial charge on any atom is -0.400 e. The zero-order valence-electron chi connectivity index (χ0n) is 11.3. The summed E-state index contributed by atoms with van der Waals surface area (Å²) in [5.74, 6) is 0.593. The highest BCUT2D eigenvalue weighted by molar-refractivity contribution is 6.48. The van der Waals surface area contributed by atoms with Gasteiger partial charge in [-0.3, -0.25) is 0 Å². The lowest BCUT2D eigenvalue weighted by Crippen LogP contribution is -2.43. The first-order valence-electron chi connectivity index (χ1n) is 6.96. The van der Waals surface area contributed by atoms with E-state index in [1.807, 2.05) is 0 Å². The molecular weight excluding hydrogens is 287 g/mol. The van der Waals surface area contributed by atoms with E-state index in [1.54, 1.807) is 14.2 Å². The van der Waals surface area contributed by atoms with Crippen LogP contribution in [0.2, 0.25) is 5.04 Å². The Morgan fingerprint density at radius 1 is 0.944 bits per heavy atom. The number of rotatable bonds is 4. The molecule has 0 aliphatic heterocycles. The number of hydrogen-bond donors (Lipinski definition) is 0. The van der Waals surface area contributed by atoms with Gasteiger partial charge in [0, 0.05) is 30.0 Å². The molecule has 0 aromatic heterocycles. The molecule has 0 radical (unpaired) electrons. The fourth-order valence-corrected chi connectivity index (χ4v) is 7.71. The van der Waals surface area contributed by atoms with Gasteiger partial charge in [0.2, 0.25) is 0 Å². The van der Waals surface area contributed by atoms with Gasteiger partial charge in [-0.2, -0.15) is 0 Å². The van der Waals surface area contributed by atoms with Crippen LogP contribution in [0.1, 0.15) is 44.9 Å². The maximum atomic E-state index is 6.39. The van der Waals surface area contributed by atoms with Crippen LogP contribution in [0.5, 0.6) is 0 Å². The summed E-state index contributed by atoms with van der Waals surface area (Å²) >= 11 is 12.8. The van der Waals surface area contributed by atoms with Crippen molar-refractivity contribution in [2.75, 3.05) is 14.2 Å². The Bertz CT molecular complexity index is 258. The van der Waals surface area contributed by atoms with Crippen LogP contribution in [0.3, 0.4) is 0 Å². The normalized spacial score (nSPS) is 36.2. The molecule has 2 aliphatic carbocycles. The van der Waals surface area contributed by atoms with Crippen LogP contribution in [0.25, 0.3) is 0 Å². The maximum absolute atomic E-state index is 6.39. The third kappa shape index (κ3) is 2.90. The van der Waals surface area contributed by atoms with Crippen molar-refractivity contribution in [3.05, 3.63) is 0 Å². The fraction of sp³-hybridized carbons (Fsp3) is 1.00. The molecule has 2 aliphatic rings. The summed E-state index contributed by atoms with van der Waals surface area (Å²) in [6.07, 6.45) is 8.19. The molecule has 18 heavy (non-hydrogen) atoms. The highest BCUT2D eigenvalue weighted by atomic mass is 35.5. The van der Waals surface area contributed by atoms with E-state index in [0.29, 0.717) is 5.92 Å². The Labute approximate surface area is 122 Å². The van der Waals surface area contributed by atoms with Crippen molar-refractivity contribution in [3.8, 4) is 0 Å². The molecule has 2 saturated carbocycles. The summed E-state index contributed by atoms with van der Waals surface area (Å²) in [6, 6.07) is 0. The topological polar surface area (TPSA) is 18.5 Å². The van der Waals surface area contributed by atoms with E-state index in [2.05, 4.69) is 0 Å². The van der Waals surface area contributed by atoms with Gasteiger partial charge in [-0.1, -0.05) is 12.8 Å².